The Hall–Kier alpha value is -1.24. The summed E-state index contributed by atoms with van der Waals surface area (Å²) in [5.74, 6) is 0. The molecule has 2 rings (SSSR count). The normalized spacial score (nSPS) is 20.3. The third kappa shape index (κ3) is 4.00. The lowest BCUT2D eigenvalue weighted by Crippen LogP contribution is -2.41. The highest BCUT2D eigenvalue weighted by atomic mass is 19.3. The van der Waals surface area contributed by atoms with Gasteiger partial charge in [-0.2, -0.15) is 0 Å². The minimum Gasteiger partial charge on any atom is -0.400 e. The second-order valence-electron chi connectivity index (χ2n) is 6.81. The zero-order valence-corrected chi connectivity index (χ0v) is 14.3. The van der Waals surface area contributed by atoms with Gasteiger partial charge in [0.25, 0.3) is 6.43 Å². The van der Waals surface area contributed by atoms with Crippen LogP contribution in [-0.4, -0.2) is 31.9 Å². The number of alkyl halides is 2. The minimum absolute atomic E-state index is 0.0106. The van der Waals surface area contributed by atoms with Gasteiger partial charge in [-0.15, -0.1) is 0 Å². The Morgan fingerprint density at radius 3 is 2.35 bits per heavy atom. The molecule has 0 bridgehead atoms. The molecule has 6 heteroatoms. The van der Waals surface area contributed by atoms with Crippen molar-refractivity contribution in [3.8, 4) is 0 Å². The molecule has 1 N–H and O–H groups in total. The number of likely N-dealkylation sites (N-methyl/N-ethyl adjacent to an activating group) is 1. The lowest BCUT2D eigenvalue weighted by atomic mass is 9.77. The monoisotopic (exact) mass is 323 g/mol. The molecule has 0 spiro atoms. The van der Waals surface area contributed by atoms with Crippen LogP contribution in [0.4, 0.5) is 8.78 Å². The van der Waals surface area contributed by atoms with Gasteiger partial charge in [0.15, 0.2) is 0 Å². The van der Waals surface area contributed by atoms with E-state index in [1.54, 1.807) is 12.1 Å². The Bertz CT molecular complexity index is 572. The van der Waals surface area contributed by atoms with Crippen molar-refractivity contribution in [2.24, 2.45) is 0 Å². The van der Waals surface area contributed by atoms with E-state index in [9.17, 15) is 8.78 Å². The SMILES string of the molecule is CNCC(=Cc1cccc(C(F)F)c1)B1OC(C)(C)C(C)(C)O1. The van der Waals surface area contributed by atoms with E-state index >= 15 is 0 Å². The van der Waals surface area contributed by atoms with Crippen LogP contribution in [0.1, 0.15) is 45.2 Å². The van der Waals surface area contributed by atoms with Crippen molar-refractivity contribution in [2.75, 3.05) is 13.6 Å². The van der Waals surface area contributed by atoms with Gasteiger partial charge in [-0.3, -0.25) is 0 Å². The number of rotatable bonds is 5. The maximum Gasteiger partial charge on any atom is 0.491 e. The van der Waals surface area contributed by atoms with Crippen molar-refractivity contribution in [1.29, 1.82) is 0 Å². The van der Waals surface area contributed by atoms with E-state index in [0.29, 0.717) is 12.1 Å². The summed E-state index contributed by atoms with van der Waals surface area (Å²) in [7, 11) is 1.33. The second kappa shape index (κ2) is 6.71. The highest BCUT2D eigenvalue weighted by molar-refractivity contribution is 6.55. The van der Waals surface area contributed by atoms with Crippen molar-refractivity contribution in [2.45, 2.75) is 45.3 Å². The lowest BCUT2D eigenvalue weighted by molar-refractivity contribution is 0.00578. The Morgan fingerprint density at radius 1 is 1.22 bits per heavy atom. The van der Waals surface area contributed by atoms with Gasteiger partial charge >= 0.3 is 7.12 Å². The summed E-state index contributed by atoms with van der Waals surface area (Å²) in [4.78, 5) is 0. The molecule has 1 aromatic carbocycles. The Kier molecular flexibility index (Phi) is 5.28. The van der Waals surface area contributed by atoms with Crippen molar-refractivity contribution in [3.63, 3.8) is 0 Å². The molecular formula is C17H24BF2NO2. The van der Waals surface area contributed by atoms with Gasteiger partial charge < -0.3 is 14.6 Å². The van der Waals surface area contributed by atoms with E-state index in [2.05, 4.69) is 5.32 Å². The van der Waals surface area contributed by atoms with Crippen LogP contribution in [0.15, 0.2) is 29.7 Å². The number of benzene rings is 1. The van der Waals surface area contributed by atoms with Crippen molar-refractivity contribution in [1.82, 2.24) is 5.32 Å². The number of hydrogen-bond donors (Lipinski definition) is 1. The molecule has 0 atom stereocenters. The fourth-order valence-corrected chi connectivity index (χ4v) is 2.40. The Morgan fingerprint density at radius 2 is 1.83 bits per heavy atom. The van der Waals surface area contributed by atoms with Gasteiger partial charge in [0.05, 0.1) is 11.2 Å². The molecule has 3 nitrogen and oxygen atoms in total. The number of nitrogens with one attached hydrogen (secondary N) is 1. The molecule has 1 heterocycles. The van der Waals surface area contributed by atoms with Crippen LogP contribution in [0.3, 0.4) is 0 Å². The van der Waals surface area contributed by atoms with Crippen LogP contribution in [0.5, 0.6) is 0 Å². The summed E-state index contributed by atoms with van der Waals surface area (Å²) in [6, 6.07) is 6.35. The zero-order valence-electron chi connectivity index (χ0n) is 14.3. The summed E-state index contributed by atoms with van der Waals surface area (Å²) in [5.41, 5.74) is 0.724. The Labute approximate surface area is 137 Å². The first-order valence-electron chi connectivity index (χ1n) is 7.75. The maximum atomic E-state index is 12.9. The highest BCUT2D eigenvalue weighted by Gasteiger charge is 2.52. The topological polar surface area (TPSA) is 30.5 Å². The molecule has 0 amide bonds. The van der Waals surface area contributed by atoms with E-state index in [4.69, 9.17) is 9.31 Å². The molecule has 126 valence electrons. The molecule has 1 saturated heterocycles. The van der Waals surface area contributed by atoms with Gasteiger partial charge in [0.1, 0.15) is 0 Å². The van der Waals surface area contributed by atoms with Crippen molar-refractivity contribution >= 4 is 13.2 Å². The molecule has 1 aliphatic heterocycles. The van der Waals surface area contributed by atoms with Crippen LogP contribution < -0.4 is 5.32 Å². The fourth-order valence-electron chi connectivity index (χ4n) is 2.40. The Balaban J connectivity index is 2.30. The van der Waals surface area contributed by atoms with Crippen molar-refractivity contribution in [3.05, 3.63) is 40.9 Å². The predicted molar refractivity (Wildman–Crippen MR) is 89.4 cm³/mol. The first-order chi connectivity index (χ1) is 10.7. The van der Waals surface area contributed by atoms with E-state index in [1.807, 2.05) is 40.8 Å². The maximum absolute atomic E-state index is 12.9. The van der Waals surface area contributed by atoms with Gasteiger partial charge in [-0.05, 0) is 51.8 Å². The number of hydrogen-bond acceptors (Lipinski definition) is 3. The summed E-state index contributed by atoms with van der Waals surface area (Å²) in [6.07, 6.45) is -0.627. The van der Waals surface area contributed by atoms with Crippen LogP contribution >= 0.6 is 0 Å². The second-order valence-corrected chi connectivity index (χ2v) is 6.81. The van der Waals surface area contributed by atoms with Crippen molar-refractivity contribution < 1.29 is 18.1 Å². The van der Waals surface area contributed by atoms with E-state index in [0.717, 1.165) is 5.47 Å². The van der Waals surface area contributed by atoms with Crippen LogP contribution in [0, 0.1) is 0 Å². The molecule has 1 fully saturated rings. The quantitative estimate of drug-likeness (QED) is 0.835. The third-order valence-corrected chi connectivity index (χ3v) is 4.45. The summed E-state index contributed by atoms with van der Waals surface area (Å²) in [6.45, 7) is 8.50. The third-order valence-electron chi connectivity index (χ3n) is 4.45. The average Bonchev–Trinajstić information content (AvgIpc) is 2.67. The zero-order chi connectivity index (χ0) is 17.3. The molecule has 23 heavy (non-hydrogen) atoms. The number of halogens is 2. The summed E-state index contributed by atoms with van der Waals surface area (Å²) >= 11 is 0. The molecule has 1 aromatic rings. The fraction of sp³-hybridized carbons (Fsp3) is 0.529. The van der Waals surface area contributed by atoms with Gasteiger partial charge in [-0.25, -0.2) is 8.78 Å². The van der Waals surface area contributed by atoms with E-state index in [1.165, 1.54) is 12.1 Å². The van der Waals surface area contributed by atoms with Gasteiger partial charge in [-0.1, -0.05) is 24.3 Å². The smallest absolute Gasteiger partial charge is 0.400 e. The average molecular weight is 323 g/mol. The molecule has 0 radical (unpaired) electrons. The van der Waals surface area contributed by atoms with Gasteiger partial charge in [0, 0.05) is 12.1 Å². The molecule has 1 aliphatic rings. The van der Waals surface area contributed by atoms with E-state index < -0.39 is 24.7 Å². The minimum atomic E-state index is -2.48. The van der Waals surface area contributed by atoms with Crippen LogP contribution in [0.2, 0.25) is 0 Å². The predicted octanol–water partition coefficient (Wildman–Crippen LogP) is 3.86. The van der Waals surface area contributed by atoms with Crippen LogP contribution in [-0.2, 0) is 9.31 Å². The summed E-state index contributed by atoms with van der Waals surface area (Å²) < 4.78 is 37.8. The van der Waals surface area contributed by atoms with Crippen LogP contribution in [0.25, 0.3) is 6.08 Å². The lowest BCUT2D eigenvalue weighted by Gasteiger charge is -2.32. The summed E-state index contributed by atoms with van der Waals surface area (Å²) in [5, 5.41) is 3.08. The largest absolute Gasteiger partial charge is 0.491 e. The molecule has 0 aromatic heterocycles. The standard InChI is InChI=1S/C17H24BF2NO2/c1-16(2)17(3,4)23-18(22-16)14(11-21-5)10-12-7-6-8-13(9-12)15(19)20/h6-10,15,21H,11H2,1-5H3. The van der Waals surface area contributed by atoms with Gasteiger partial charge in [0.2, 0.25) is 0 Å². The first kappa shape index (κ1) is 18.1. The molecule has 0 saturated carbocycles. The first-order valence-corrected chi connectivity index (χ1v) is 7.75. The van der Waals surface area contributed by atoms with E-state index in [-0.39, 0.29) is 5.56 Å². The molecular weight excluding hydrogens is 299 g/mol. The molecule has 0 unspecified atom stereocenters. The molecule has 0 aliphatic carbocycles. The highest BCUT2D eigenvalue weighted by Crippen LogP contribution is 2.38.